The van der Waals surface area contributed by atoms with E-state index in [2.05, 4.69) is 170 Å². The summed E-state index contributed by atoms with van der Waals surface area (Å²) in [6.45, 7) is 4.84. The van der Waals surface area contributed by atoms with Crippen molar-refractivity contribution >= 4 is 80.9 Å². The Morgan fingerprint density at radius 2 is 1.13 bits per heavy atom. The lowest BCUT2D eigenvalue weighted by molar-refractivity contribution is 0.672. The van der Waals surface area contributed by atoms with Crippen molar-refractivity contribution in [1.29, 1.82) is 0 Å². The van der Waals surface area contributed by atoms with Gasteiger partial charge in [0, 0.05) is 32.3 Å². The second-order valence-electron chi connectivity index (χ2n) is 13.3. The van der Waals surface area contributed by atoms with Gasteiger partial charge in [-0.05, 0) is 91.0 Å². The van der Waals surface area contributed by atoms with E-state index in [9.17, 15) is 0 Å². The molecular weight excluding hydrogens is 587 g/mol. The van der Waals surface area contributed by atoms with Gasteiger partial charge >= 0.3 is 0 Å². The van der Waals surface area contributed by atoms with Crippen molar-refractivity contribution in [3.05, 3.63) is 163 Å². The fraction of sp³-hybridized carbons (Fsp3) is 0.0667. The van der Waals surface area contributed by atoms with E-state index in [0.717, 1.165) is 11.4 Å². The number of nitrogens with zero attached hydrogens (tertiary/aromatic N) is 1. The maximum Gasteiger partial charge on any atom is 0.0640 e. The lowest BCUT2D eigenvalue weighted by Crippen LogP contribution is -2.16. The molecule has 1 aliphatic carbocycles. The Morgan fingerprint density at radius 1 is 0.468 bits per heavy atom. The van der Waals surface area contributed by atoms with Crippen LogP contribution in [0, 0.1) is 0 Å². The molecule has 0 radical (unpaired) electrons. The molecule has 47 heavy (non-hydrogen) atoms. The number of para-hydroxylation sites is 1. The third kappa shape index (κ3) is 3.71. The van der Waals surface area contributed by atoms with Gasteiger partial charge in [-0.1, -0.05) is 129 Å². The van der Waals surface area contributed by atoms with Crippen LogP contribution in [0.1, 0.15) is 25.0 Å². The van der Waals surface area contributed by atoms with Gasteiger partial charge in [-0.2, -0.15) is 0 Å². The summed E-state index contributed by atoms with van der Waals surface area (Å²) < 4.78 is 2.63. The van der Waals surface area contributed by atoms with Gasteiger partial charge in [-0.25, -0.2) is 0 Å². The monoisotopic (exact) mass is 617 g/mol. The van der Waals surface area contributed by atoms with Crippen molar-refractivity contribution < 1.29 is 0 Å². The molecule has 0 amide bonds. The van der Waals surface area contributed by atoms with Crippen molar-refractivity contribution in [2.45, 2.75) is 19.3 Å². The largest absolute Gasteiger partial charge is 0.309 e. The summed E-state index contributed by atoms with van der Waals surface area (Å²) in [6, 6.07) is 56.0. The average Bonchev–Trinajstić information content (AvgIpc) is 3.62. The highest BCUT2D eigenvalue weighted by molar-refractivity contribution is 7.26. The minimum Gasteiger partial charge on any atom is -0.309 e. The molecule has 0 unspecified atom stereocenters. The molecule has 0 fully saturated rings. The summed E-state index contributed by atoms with van der Waals surface area (Å²) >= 11 is 1.88. The molecule has 9 aromatic rings. The average molecular weight is 618 g/mol. The second kappa shape index (κ2) is 9.78. The summed E-state index contributed by atoms with van der Waals surface area (Å²) in [7, 11) is 0. The zero-order chi connectivity index (χ0) is 31.3. The van der Waals surface area contributed by atoms with Crippen LogP contribution >= 0.6 is 11.3 Å². The number of hydrogen-bond donors (Lipinski definition) is 0. The normalized spacial score (nSPS) is 13.5. The molecule has 0 saturated carbocycles. The van der Waals surface area contributed by atoms with Crippen molar-refractivity contribution in [1.82, 2.24) is 0 Å². The van der Waals surface area contributed by atoms with E-state index in [1.165, 1.54) is 80.4 Å². The van der Waals surface area contributed by atoms with Crippen LogP contribution in [0.2, 0.25) is 0 Å². The molecule has 8 aromatic carbocycles. The Kier molecular flexibility index (Phi) is 5.57. The van der Waals surface area contributed by atoms with Crippen LogP contribution in [0.5, 0.6) is 0 Å². The molecule has 0 saturated heterocycles. The van der Waals surface area contributed by atoms with E-state index in [4.69, 9.17) is 0 Å². The Bertz CT molecular complexity index is 2720. The maximum atomic E-state index is 2.44. The summed E-state index contributed by atoms with van der Waals surface area (Å²) in [6.07, 6.45) is 0. The first kappa shape index (κ1) is 26.7. The third-order valence-corrected chi connectivity index (χ3v) is 11.6. The Balaban J connectivity index is 1.22. The molecule has 0 atom stereocenters. The first-order chi connectivity index (χ1) is 23.1. The first-order valence-electron chi connectivity index (χ1n) is 16.4. The van der Waals surface area contributed by atoms with E-state index in [-0.39, 0.29) is 5.41 Å². The quantitative estimate of drug-likeness (QED) is 0.178. The van der Waals surface area contributed by atoms with Gasteiger partial charge in [0.1, 0.15) is 0 Å². The Hall–Kier alpha value is -5.44. The highest BCUT2D eigenvalue weighted by Crippen LogP contribution is 2.56. The van der Waals surface area contributed by atoms with Crippen molar-refractivity contribution in [3.63, 3.8) is 0 Å². The molecule has 0 spiro atoms. The molecule has 1 aliphatic rings. The van der Waals surface area contributed by atoms with E-state index in [0.29, 0.717) is 0 Å². The summed E-state index contributed by atoms with van der Waals surface area (Å²) in [4.78, 5) is 2.44. The molecule has 0 bridgehead atoms. The fourth-order valence-electron chi connectivity index (χ4n) is 8.45. The molecule has 0 N–H and O–H groups in total. The topological polar surface area (TPSA) is 3.24 Å². The third-order valence-electron chi connectivity index (χ3n) is 10.4. The number of benzene rings is 8. The molecule has 1 nitrogen and oxygen atoms in total. The van der Waals surface area contributed by atoms with Crippen LogP contribution in [-0.2, 0) is 5.41 Å². The van der Waals surface area contributed by atoms with Gasteiger partial charge in [-0.15, -0.1) is 11.3 Å². The molecule has 2 heteroatoms. The van der Waals surface area contributed by atoms with Gasteiger partial charge < -0.3 is 4.90 Å². The van der Waals surface area contributed by atoms with Crippen molar-refractivity contribution in [3.8, 4) is 11.1 Å². The van der Waals surface area contributed by atoms with Gasteiger partial charge in [-0.3, -0.25) is 0 Å². The Morgan fingerprint density at radius 3 is 1.94 bits per heavy atom. The molecule has 0 aliphatic heterocycles. The minimum atomic E-state index is -0.156. The van der Waals surface area contributed by atoms with Crippen molar-refractivity contribution in [2.24, 2.45) is 0 Å². The molecule has 222 valence electrons. The van der Waals surface area contributed by atoms with Crippen LogP contribution in [0.25, 0.3) is 63.6 Å². The Labute approximate surface area is 278 Å². The summed E-state index contributed by atoms with van der Waals surface area (Å²) in [5.74, 6) is 0. The maximum absolute atomic E-state index is 2.44. The molecule has 10 rings (SSSR count). The van der Waals surface area contributed by atoms with Gasteiger partial charge in [0.2, 0.25) is 0 Å². The molecule has 1 heterocycles. The summed E-state index contributed by atoms with van der Waals surface area (Å²) in [5, 5.41) is 10.6. The highest BCUT2D eigenvalue weighted by Gasteiger charge is 2.39. The number of thiophene rings is 1. The van der Waals surface area contributed by atoms with Crippen LogP contribution in [0.15, 0.2) is 152 Å². The lowest BCUT2D eigenvalue weighted by Gasteiger charge is -2.28. The molecular formula is C45H31NS. The predicted octanol–water partition coefficient (Wildman–Crippen LogP) is 13.3. The lowest BCUT2D eigenvalue weighted by atomic mass is 9.78. The predicted molar refractivity (Wildman–Crippen MR) is 204 cm³/mol. The SMILES string of the molecule is CC1(C)c2c(ccc3cc(N(c4ccccc4)c4cccc5c4sc4ccccc45)ccc23)-c2c1c1ccccc1c1ccccc21. The number of anilines is 3. The highest BCUT2D eigenvalue weighted by atomic mass is 32.1. The standard InChI is InChI=1S/C45H31NS/c1-45(2)42-31-26-24-30(46(29-13-4-3-5-14-29)39-21-12-20-37-34-17-10-11-22-40(34)47-44(37)39)27-28(31)23-25-38(42)41-35-18-8-6-15-32(35)33-16-7-9-19-36(33)43(41)45/h3-27H,1-2H3. The van der Waals surface area contributed by atoms with E-state index >= 15 is 0 Å². The van der Waals surface area contributed by atoms with Crippen LogP contribution in [0.3, 0.4) is 0 Å². The fourth-order valence-corrected chi connectivity index (χ4v) is 9.65. The van der Waals surface area contributed by atoms with E-state index in [1.807, 2.05) is 11.3 Å². The van der Waals surface area contributed by atoms with Crippen LogP contribution < -0.4 is 4.90 Å². The van der Waals surface area contributed by atoms with E-state index < -0.39 is 0 Å². The second-order valence-corrected chi connectivity index (χ2v) is 14.3. The van der Waals surface area contributed by atoms with Gasteiger partial charge in [0.25, 0.3) is 0 Å². The van der Waals surface area contributed by atoms with Crippen LogP contribution in [-0.4, -0.2) is 0 Å². The minimum absolute atomic E-state index is 0.156. The number of rotatable bonds is 3. The number of hydrogen-bond acceptors (Lipinski definition) is 2. The number of fused-ring (bicyclic) bond motifs is 13. The summed E-state index contributed by atoms with van der Waals surface area (Å²) in [5.41, 5.74) is 9.01. The smallest absolute Gasteiger partial charge is 0.0640 e. The zero-order valence-corrected chi connectivity index (χ0v) is 27.1. The van der Waals surface area contributed by atoms with Gasteiger partial charge in [0.05, 0.1) is 10.4 Å². The first-order valence-corrected chi connectivity index (χ1v) is 17.2. The van der Waals surface area contributed by atoms with Crippen molar-refractivity contribution in [2.75, 3.05) is 4.90 Å². The molecule has 1 aromatic heterocycles. The van der Waals surface area contributed by atoms with Gasteiger partial charge in [0.15, 0.2) is 0 Å². The zero-order valence-electron chi connectivity index (χ0n) is 26.3. The van der Waals surface area contributed by atoms with E-state index in [1.54, 1.807) is 0 Å². The van der Waals surface area contributed by atoms with Crippen LogP contribution in [0.4, 0.5) is 17.1 Å².